The lowest BCUT2D eigenvalue weighted by Crippen LogP contribution is -2.46. The molecule has 0 radical (unpaired) electrons. The molecule has 2 aliphatic heterocycles. The second-order valence-electron chi connectivity index (χ2n) is 5.11. The van der Waals surface area contributed by atoms with E-state index in [4.69, 9.17) is 0 Å². The molecule has 1 fully saturated rings. The largest absolute Gasteiger partial charge is 0.373 e. The number of benzene rings is 1. The van der Waals surface area contributed by atoms with Crippen LogP contribution in [0.15, 0.2) is 24.3 Å². The normalized spacial score (nSPS) is 25.2. The predicted molar refractivity (Wildman–Crippen MR) is 71.7 cm³/mol. The van der Waals surface area contributed by atoms with E-state index in [1.165, 1.54) is 5.56 Å². The van der Waals surface area contributed by atoms with Gasteiger partial charge in [0.1, 0.15) is 6.04 Å². The van der Waals surface area contributed by atoms with Crippen molar-refractivity contribution in [2.24, 2.45) is 0 Å². The maximum Gasteiger partial charge on any atom is 0.242 e. The summed E-state index contributed by atoms with van der Waals surface area (Å²) in [4.78, 5) is 23.3. The van der Waals surface area contributed by atoms with Crippen molar-refractivity contribution in [3.05, 3.63) is 29.8 Å². The maximum atomic E-state index is 12.2. The van der Waals surface area contributed by atoms with Gasteiger partial charge in [0.2, 0.25) is 11.8 Å². The first-order valence-electron chi connectivity index (χ1n) is 6.64. The van der Waals surface area contributed by atoms with Crippen LogP contribution >= 0.6 is 0 Å². The number of carbonyl (C=O) groups excluding carboxylic acids is 2. The molecule has 2 atom stereocenters. The van der Waals surface area contributed by atoms with Crippen LogP contribution in [0.3, 0.4) is 0 Å². The number of fused-ring (bicyclic) bond motifs is 1. The maximum absolute atomic E-state index is 12.2. The van der Waals surface area contributed by atoms with Gasteiger partial charge >= 0.3 is 0 Å². The van der Waals surface area contributed by atoms with E-state index >= 15 is 0 Å². The Morgan fingerprint density at radius 2 is 2.16 bits per heavy atom. The Bertz CT molecular complexity index is 515. The fourth-order valence-corrected chi connectivity index (χ4v) is 2.64. The summed E-state index contributed by atoms with van der Waals surface area (Å²) in [7, 11) is 0. The summed E-state index contributed by atoms with van der Waals surface area (Å²) >= 11 is 0. The molecule has 1 aromatic carbocycles. The number of rotatable bonds is 2. The van der Waals surface area contributed by atoms with Crippen molar-refractivity contribution in [2.45, 2.75) is 31.3 Å². The Labute approximate surface area is 111 Å². The van der Waals surface area contributed by atoms with Crippen LogP contribution in [0.1, 0.15) is 18.4 Å². The number of hydrogen-bond acceptors (Lipinski definition) is 3. The molecule has 0 aliphatic carbocycles. The molecule has 19 heavy (non-hydrogen) atoms. The van der Waals surface area contributed by atoms with Crippen molar-refractivity contribution in [1.29, 1.82) is 0 Å². The average molecular weight is 259 g/mol. The first-order valence-corrected chi connectivity index (χ1v) is 6.64. The van der Waals surface area contributed by atoms with E-state index in [0.717, 1.165) is 18.5 Å². The standard InChI is InChI=1S/C14H17N3O2/c18-13-7-10(8-15-13)16-14(19)12-6-5-9-3-1-2-4-11(9)17-12/h1-4,10,12,17H,5-8H2,(H,15,18)(H,16,19). The Kier molecular flexibility index (Phi) is 3.11. The Morgan fingerprint density at radius 1 is 1.32 bits per heavy atom. The third-order valence-corrected chi connectivity index (χ3v) is 3.69. The number of amides is 2. The molecular formula is C14H17N3O2. The van der Waals surface area contributed by atoms with Gasteiger partial charge in [-0.05, 0) is 24.5 Å². The Morgan fingerprint density at radius 3 is 2.95 bits per heavy atom. The zero-order chi connectivity index (χ0) is 13.2. The van der Waals surface area contributed by atoms with Crippen molar-refractivity contribution in [1.82, 2.24) is 10.6 Å². The van der Waals surface area contributed by atoms with E-state index in [1.54, 1.807) is 0 Å². The van der Waals surface area contributed by atoms with Crippen LogP contribution in [0.2, 0.25) is 0 Å². The molecule has 100 valence electrons. The molecule has 0 saturated carbocycles. The number of para-hydroxylation sites is 1. The highest BCUT2D eigenvalue weighted by Gasteiger charge is 2.28. The molecule has 5 heteroatoms. The summed E-state index contributed by atoms with van der Waals surface area (Å²) in [6, 6.07) is 7.78. The van der Waals surface area contributed by atoms with Crippen LogP contribution in [-0.4, -0.2) is 30.4 Å². The first kappa shape index (κ1) is 12.0. The quantitative estimate of drug-likeness (QED) is 0.721. The number of anilines is 1. The van der Waals surface area contributed by atoms with Crippen molar-refractivity contribution in [2.75, 3.05) is 11.9 Å². The number of nitrogens with one attached hydrogen (secondary N) is 3. The van der Waals surface area contributed by atoms with Crippen LogP contribution in [0.25, 0.3) is 0 Å². The molecule has 2 amide bonds. The summed E-state index contributed by atoms with van der Waals surface area (Å²) in [5, 5.41) is 8.91. The van der Waals surface area contributed by atoms with Crippen molar-refractivity contribution in [3.8, 4) is 0 Å². The summed E-state index contributed by atoms with van der Waals surface area (Å²) in [5.74, 6) is -0.0109. The molecule has 3 N–H and O–H groups in total. The van der Waals surface area contributed by atoms with E-state index in [1.807, 2.05) is 18.2 Å². The van der Waals surface area contributed by atoms with Gasteiger partial charge in [0, 0.05) is 18.7 Å². The third kappa shape index (κ3) is 2.54. The Balaban J connectivity index is 1.61. The van der Waals surface area contributed by atoms with E-state index < -0.39 is 0 Å². The van der Waals surface area contributed by atoms with Crippen LogP contribution in [0.5, 0.6) is 0 Å². The fourth-order valence-electron chi connectivity index (χ4n) is 2.64. The van der Waals surface area contributed by atoms with Gasteiger partial charge in [0.05, 0.1) is 6.04 Å². The summed E-state index contributed by atoms with van der Waals surface area (Å²) in [5.41, 5.74) is 2.29. The highest BCUT2D eigenvalue weighted by atomic mass is 16.2. The van der Waals surface area contributed by atoms with Gasteiger partial charge < -0.3 is 16.0 Å². The summed E-state index contributed by atoms with van der Waals surface area (Å²) in [6.45, 7) is 0.536. The molecule has 5 nitrogen and oxygen atoms in total. The number of aryl methyl sites for hydroxylation is 1. The molecule has 2 aliphatic rings. The van der Waals surface area contributed by atoms with Crippen LogP contribution < -0.4 is 16.0 Å². The highest BCUT2D eigenvalue weighted by molar-refractivity contribution is 5.87. The van der Waals surface area contributed by atoms with E-state index in [2.05, 4.69) is 22.0 Å². The van der Waals surface area contributed by atoms with Gasteiger partial charge in [-0.3, -0.25) is 9.59 Å². The Hall–Kier alpha value is -2.04. The van der Waals surface area contributed by atoms with Crippen LogP contribution in [0, 0.1) is 0 Å². The topological polar surface area (TPSA) is 70.2 Å². The van der Waals surface area contributed by atoms with Gasteiger partial charge in [0.25, 0.3) is 0 Å². The molecular weight excluding hydrogens is 242 g/mol. The molecule has 2 unspecified atom stereocenters. The lowest BCUT2D eigenvalue weighted by molar-refractivity contribution is -0.122. The molecule has 0 spiro atoms. The minimum atomic E-state index is -0.203. The summed E-state index contributed by atoms with van der Waals surface area (Å²) in [6.07, 6.45) is 2.08. The lowest BCUT2D eigenvalue weighted by Gasteiger charge is -2.27. The van der Waals surface area contributed by atoms with Crippen molar-refractivity contribution < 1.29 is 9.59 Å². The number of carbonyl (C=O) groups is 2. The first-order chi connectivity index (χ1) is 9.22. The van der Waals surface area contributed by atoms with Crippen LogP contribution in [0.4, 0.5) is 5.69 Å². The molecule has 3 rings (SSSR count). The molecule has 2 heterocycles. The van der Waals surface area contributed by atoms with Gasteiger partial charge in [-0.15, -0.1) is 0 Å². The van der Waals surface area contributed by atoms with Crippen molar-refractivity contribution >= 4 is 17.5 Å². The molecule has 0 bridgehead atoms. The van der Waals surface area contributed by atoms with E-state index in [-0.39, 0.29) is 23.9 Å². The monoisotopic (exact) mass is 259 g/mol. The second-order valence-corrected chi connectivity index (χ2v) is 5.11. The molecule has 1 saturated heterocycles. The third-order valence-electron chi connectivity index (χ3n) is 3.69. The van der Waals surface area contributed by atoms with Crippen LogP contribution in [-0.2, 0) is 16.0 Å². The molecule has 0 aromatic heterocycles. The number of hydrogen-bond donors (Lipinski definition) is 3. The summed E-state index contributed by atoms with van der Waals surface area (Å²) < 4.78 is 0. The van der Waals surface area contributed by atoms with E-state index in [0.29, 0.717) is 13.0 Å². The minimum Gasteiger partial charge on any atom is -0.373 e. The second kappa shape index (κ2) is 4.91. The predicted octanol–water partition coefficient (Wildman–Crippen LogP) is 0.418. The smallest absolute Gasteiger partial charge is 0.242 e. The SMILES string of the molecule is O=C1CC(NC(=O)C2CCc3ccccc3N2)CN1. The van der Waals surface area contributed by atoms with E-state index in [9.17, 15) is 9.59 Å². The lowest BCUT2D eigenvalue weighted by atomic mass is 9.97. The van der Waals surface area contributed by atoms with Gasteiger partial charge in [-0.1, -0.05) is 18.2 Å². The van der Waals surface area contributed by atoms with Gasteiger partial charge in [0.15, 0.2) is 0 Å². The zero-order valence-electron chi connectivity index (χ0n) is 10.6. The average Bonchev–Trinajstić information content (AvgIpc) is 2.83. The zero-order valence-corrected chi connectivity index (χ0v) is 10.6. The van der Waals surface area contributed by atoms with Crippen molar-refractivity contribution in [3.63, 3.8) is 0 Å². The molecule has 1 aromatic rings. The van der Waals surface area contributed by atoms with Gasteiger partial charge in [-0.2, -0.15) is 0 Å². The minimum absolute atomic E-state index is 0.00671. The fraction of sp³-hybridized carbons (Fsp3) is 0.429. The van der Waals surface area contributed by atoms with Gasteiger partial charge in [-0.25, -0.2) is 0 Å². The highest BCUT2D eigenvalue weighted by Crippen LogP contribution is 2.24.